The van der Waals surface area contributed by atoms with E-state index in [0.29, 0.717) is 12.1 Å². The fraction of sp³-hybridized carbons (Fsp3) is 0.269. The Morgan fingerprint density at radius 1 is 1.00 bits per heavy atom. The number of benzene rings is 3. The number of aryl methyl sites for hydroxylation is 1. The Morgan fingerprint density at radius 2 is 1.72 bits per heavy atom. The van der Waals surface area contributed by atoms with E-state index < -0.39 is 0 Å². The van der Waals surface area contributed by atoms with Crippen LogP contribution in [0.3, 0.4) is 0 Å². The third-order valence-electron chi connectivity index (χ3n) is 5.97. The summed E-state index contributed by atoms with van der Waals surface area (Å²) >= 11 is 0. The van der Waals surface area contributed by atoms with Crippen LogP contribution in [0.4, 0.5) is 11.4 Å². The first-order valence-electron chi connectivity index (χ1n) is 10.9. The van der Waals surface area contributed by atoms with E-state index in [-0.39, 0.29) is 22.6 Å². The van der Waals surface area contributed by atoms with Crippen LogP contribution in [0, 0.1) is 17.0 Å². The molecule has 32 heavy (non-hydrogen) atoms. The molecule has 164 valence electrons. The first kappa shape index (κ1) is 21.7. The van der Waals surface area contributed by atoms with Gasteiger partial charge in [-0.1, -0.05) is 42.5 Å². The van der Waals surface area contributed by atoms with E-state index in [1.54, 1.807) is 12.1 Å². The molecular weight excluding hydrogens is 402 g/mol. The third kappa shape index (κ3) is 5.03. The topological polar surface area (TPSA) is 66.7 Å². The molecule has 0 N–H and O–H groups in total. The molecule has 0 bridgehead atoms. The molecule has 0 atom stereocenters. The maximum atomic E-state index is 13.5. The lowest BCUT2D eigenvalue weighted by molar-refractivity contribution is -0.384. The van der Waals surface area contributed by atoms with Gasteiger partial charge in [0.25, 0.3) is 11.6 Å². The number of carbonyl (C=O) groups is 1. The molecule has 0 unspecified atom stereocenters. The number of hydrogen-bond donors (Lipinski definition) is 0. The molecular formula is C26H27N3O3. The van der Waals surface area contributed by atoms with E-state index in [0.717, 1.165) is 42.7 Å². The smallest absolute Gasteiger partial charge is 0.269 e. The number of hydrogen-bond acceptors (Lipinski definition) is 4. The number of amides is 1. The van der Waals surface area contributed by atoms with E-state index in [2.05, 4.69) is 11.0 Å². The van der Waals surface area contributed by atoms with Crippen molar-refractivity contribution in [1.29, 1.82) is 0 Å². The summed E-state index contributed by atoms with van der Waals surface area (Å²) in [6, 6.07) is 24.5. The highest BCUT2D eigenvalue weighted by molar-refractivity contribution is 6.06. The molecule has 1 amide bonds. The number of nitro groups is 1. The van der Waals surface area contributed by atoms with E-state index in [9.17, 15) is 14.9 Å². The maximum Gasteiger partial charge on any atom is 0.269 e. The Hall–Kier alpha value is -3.51. The van der Waals surface area contributed by atoms with Crippen molar-refractivity contribution in [2.75, 3.05) is 18.0 Å². The second-order valence-electron chi connectivity index (χ2n) is 8.31. The molecule has 1 heterocycles. The van der Waals surface area contributed by atoms with Crippen LogP contribution in [-0.4, -0.2) is 34.9 Å². The van der Waals surface area contributed by atoms with Gasteiger partial charge in [-0.05, 0) is 55.2 Å². The molecule has 3 aromatic rings. The van der Waals surface area contributed by atoms with E-state index in [1.807, 2.05) is 66.4 Å². The number of non-ortho nitro benzene ring substituents is 1. The Bertz CT molecular complexity index is 1090. The van der Waals surface area contributed by atoms with Gasteiger partial charge in [0.05, 0.1) is 4.92 Å². The predicted octanol–water partition coefficient (Wildman–Crippen LogP) is 5.21. The lowest BCUT2D eigenvalue weighted by atomic mass is 9.99. The van der Waals surface area contributed by atoms with Crippen LogP contribution in [0.25, 0.3) is 0 Å². The number of anilines is 1. The van der Waals surface area contributed by atoms with Crippen LogP contribution in [-0.2, 0) is 6.54 Å². The van der Waals surface area contributed by atoms with E-state index in [4.69, 9.17) is 0 Å². The fourth-order valence-corrected chi connectivity index (χ4v) is 4.35. The maximum absolute atomic E-state index is 13.5. The summed E-state index contributed by atoms with van der Waals surface area (Å²) in [6.45, 7) is 4.37. The summed E-state index contributed by atoms with van der Waals surface area (Å²) in [5.41, 5.74) is 3.80. The quantitative estimate of drug-likeness (QED) is 0.398. The van der Waals surface area contributed by atoms with Crippen LogP contribution in [0.5, 0.6) is 0 Å². The summed E-state index contributed by atoms with van der Waals surface area (Å²) in [6.07, 6.45) is 1.70. The number of nitro benzene ring substituents is 1. The van der Waals surface area contributed by atoms with Crippen LogP contribution in [0.15, 0.2) is 78.9 Å². The summed E-state index contributed by atoms with van der Waals surface area (Å²) in [5.74, 6) is 0.0216. The van der Waals surface area contributed by atoms with Gasteiger partial charge in [0.15, 0.2) is 0 Å². The Balaban J connectivity index is 1.50. The molecule has 1 saturated heterocycles. The molecule has 1 fully saturated rings. The Morgan fingerprint density at radius 3 is 2.41 bits per heavy atom. The van der Waals surface area contributed by atoms with Crippen molar-refractivity contribution in [3.05, 3.63) is 106 Å². The van der Waals surface area contributed by atoms with Crippen LogP contribution in [0.1, 0.15) is 34.3 Å². The minimum Gasteiger partial charge on any atom is -0.305 e. The monoisotopic (exact) mass is 429 g/mol. The summed E-state index contributed by atoms with van der Waals surface area (Å²) in [7, 11) is 0. The minimum atomic E-state index is -0.356. The molecule has 0 spiro atoms. The van der Waals surface area contributed by atoms with Gasteiger partial charge < -0.3 is 4.90 Å². The molecule has 0 saturated carbocycles. The highest BCUT2D eigenvalue weighted by atomic mass is 16.6. The first-order chi connectivity index (χ1) is 15.5. The lowest BCUT2D eigenvalue weighted by Crippen LogP contribution is -2.47. The standard InChI is InChI=1S/C26H27N3O3/c1-20-7-5-11-24(17-20)28(26(30)22-9-3-2-4-10-22)23-13-15-27(16-14-23)19-21-8-6-12-25(18-21)29(31)32/h2-12,17-18,23H,13-16,19H2,1H3. The summed E-state index contributed by atoms with van der Waals surface area (Å²) < 4.78 is 0. The molecule has 1 aliphatic heterocycles. The second-order valence-corrected chi connectivity index (χ2v) is 8.31. The van der Waals surface area contributed by atoms with E-state index in [1.165, 1.54) is 6.07 Å². The number of rotatable bonds is 6. The van der Waals surface area contributed by atoms with Gasteiger partial charge in [0.2, 0.25) is 0 Å². The highest BCUT2D eigenvalue weighted by Crippen LogP contribution is 2.27. The molecule has 4 rings (SSSR count). The summed E-state index contributed by atoms with van der Waals surface area (Å²) in [5, 5.41) is 11.1. The zero-order valence-electron chi connectivity index (χ0n) is 18.2. The zero-order chi connectivity index (χ0) is 22.5. The van der Waals surface area contributed by atoms with Crippen molar-refractivity contribution in [1.82, 2.24) is 4.90 Å². The van der Waals surface area contributed by atoms with Gasteiger partial charge in [0.1, 0.15) is 0 Å². The average molecular weight is 430 g/mol. The molecule has 0 aliphatic carbocycles. The van der Waals surface area contributed by atoms with Crippen molar-refractivity contribution in [2.24, 2.45) is 0 Å². The molecule has 6 nitrogen and oxygen atoms in total. The third-order valence-corrected chi connectivity index (χ3v) is 5.97. The van der Waals surface area contributed by atoms with Crippen molar-refractivity contribution >= 4 is 17.3 Å². The Labute approximate surface area is 188 Å². The van der Waals surface area contributed by atoms with Gasteiger partial charge in [0, 0.05) is 49.1 Å². The molecule has 0 aromatic heterocycles. The largest absolute Gasteiger partial charge is 0.305 e. The molecule has 1 aliphatic rings. The van der Waals surface area contributed by atoms with E-state index >= 15 is 0 Å². The summed E-state index contributed by atoms with van der Waals surface area (Å²) in [4.78, 5) is 28.4. The van der Waals surface area contributed by atoms with Crippen molar-refractivity contribution < 1.29 is 9.72 Å². The van der Waals surface area contributed by atoms with Crippen molar-refractivity contribution in [3.8, 4) is 0 Å². The lowest BCUT2D eigenvalue weighted by Gasteiger charge is -2.38. The predicted molar refractivity (Wildman–Crippen MR) is 126 cm³/mol. The Kier molecular flexibility index (Phi) is 6.61. The van der Waals surface area contributed by atoms with Crippen LogP contribution in [0.2, 0.25) is 0 Å². The van der Waals surface area contributed by atoms with Gasteiger partial charge in [-0.15, -0.1) is 0 Å². The van der Waals surface area contributed by atoms with Crippen molar-refractivity contribution in [3.63, 3.8) is 0 Å². The molecule has 6 heteroatoms. The van der Waals surface area contributed by atoms with Gasteiger partial charge in [-0.2, -0.15) is 0 Å². The number of piperidine rings is 1. The van der Waals surface area contributed by atoms with Gasteiger partial charge >= 0.3 is 0 Å². The second kappa shape index (κ2) is 9.75. The minimum absolute atomic E-state index is 0.0216. The number of carbonyl (C=O) groups excluding carboxylic acids is 1. The first-order valence-corrected chi connectivity index (χ1v) is 10.9. The fourth-order valence-electron chi connectivity index (χ4n) is 4.35. The highest BCUT2D eigenvalue weighted by Gasteiger charge is 2.30. The number of nitrogens with zero attached hydrogens (tertiary/aromatic N) is 3. The SMILES string of the molecule is Cc1cccc(N(C(=O)c2ccccc2)C2CCN(Cc3cccc([N+](=O)[O-])c3)CC2)c1. The number of likely N-dealkylation sites (tertiary alicyclic amines) is 1. The zero-order valence-corrected chi connectivity index (χ0v) is 18.2. The normalized spacial score (nSPS) is 14.8. The van der Waals surface area contributed by atoms with Crippen LogP contribution >= 0.6 is 0 Å². The van der Waals surface area contributed by atoms with Gasteiger partial charge in [-0.3, -0.25) is 19.8 Å². The molecule has 0 radical (unpaired) electrons. The van der Waals surface area contributed by atoms with Crippen LogP contribution < -0.4 is 4.90 Å². The van der Waals surface area contributed by atoms with Gasteiger partial charge in [-0.25, -0.2) is 0 Å². The average Bonchev–Trinajstić information content (AvgIpc) is 2.81. The van der Waals surface area contributed by atoms with Crippen molar-refractivity contribution in [2.45, 2.75) is 32.4 Å². The molecule has 3 aromatic carbocycles.